The van der Waals surface area contributed by atoms with E-state index < -0.39 is 45.1 Å². The molecule has 10 nitrogen and oxygen atoms in total. The minimum atomic E-state index is -4.61. The molecule has 3 atom stereocenters. The molecule has 60 heavy (non-hydrogen) atoms. The van der Waals surface area contributed by atoms with Gasteiger partial charge in [-0.25, -0.2) is 4.57 Å². The Hall–Kier alpha value is -1.29. The van der Waals surface area contributed by atoms with Gasteiger partial charge in [0, 0.05) is 13.0 Å². The summed E-state index contributed by atoms with van der Waals surface area (Å²) in [5.41, 5.74) is 5.37. The maximum absolute atomic E-state index is 12.7. The average Bonchev–Trinajstić information content (AvgIpc) is 3.23. The van der Waals surface area contributed by atoms with Crippen molar-refractivity contribution in [3.8, 4) is 0 Å². The summed E-state index contributed by atoms with van der Waals surface area (Å²) in [6.07, 6.45) is 49.9. The lowest BCUT2D eigenvalue weighted by Gasteiger charge is -2.20. The van der Waals surface area contributed by atoms with Crippen molar-refractivity contribution in [2.75, 3.05) is 26.4 Å². The third kappa shape index (κ3) is 44.8. The predicted octanol–water partition coefficient (Wildman–Crippen LogP) is 14.5. The number of allylic oxidation sites excluding steroid dienone is 2. The third-order valence-electron chi connectivity index (χ3n) is 11.3. The first kappa shape index (κ1) is 58.7. The summed E-state index contributed by atoms with van der Waals surface area (Å²) in [6, 6.07) is -1.47. The van der Waals surface area contributed by atoms with Crippen LogP contribution in [-0.4, -0.2) is 60.5 Å². The van der Waals surface area contributed by atoms with E-state index in [0.717, 1.165) is 38.5 Å². The highest BCUT2D eigenvalue weighted by Crippen LogP contribution is 2.43. The van der Waals surface area contributed by atoms with Crippen LogP contribution in [0.3, 0.4) is 0 Å². The topological polar surface area (TPSA) is 155 Å². The molecule has 0 heterocycles. The molecule has 0 fully saturated rings. The van der Waals surface area contributed by atoms with Crippen molar-refractivity contribution in [1.29, 1.82) is 0 Å². The molecule has 0 saturated carbocycles. The highest BCUT2D eigenvalue weighted by Gasteiger charge is 2.27. The number of hydrogen-bond donors (Lipinski definition) is 3. The minimum Gasteiger partial charge on any atom is -0.480 e. The highest BCUT2D eigenvalue weighted by molar-refractivity contribution is 7.47. The molecule has 4 N–H and O–H groups in total. The Bertz CT molecular complexity index is 1010. The number of unbranched alkanes of at least 4 members (excludes halogenated alkanes) is 33. The number of carbonyl (C=O) groups is 2. The molecule has 0 aliphatic carbocycles. The smallest absolute Gasteiger partial charge is 0.472 e. The maximum atomic E-state index is 12.7. The lowest BCUT2D eigenvalue weighted by Crippen LogP contribution is -2.34. The van der Waals surface area contributed by atoms with Crippen molar-refractivity contribution in [1.82, 2.24) is 0 Å². The molecule has 0 aromatic heterocycles. The van der Waals surface area contributed by atoms with Crippen molar-refractivity contribution in [2.24, 2.45) is 5.73 Å². The first-order valence-electron chi connectivity index (χ1n) is 25.2. The number of phosphoric acid groups is 1. The summed E-state index contributed by atoms with van der Waals surface area (Å²) in [6.45, 7) is 3.93. The van der Waals surface area contributed by atoms with Crippen LogP contribution in [-0.2, 0) is 32.7 Å². The van der Waals surface area contributed by atoms with E-state index in [0.29, 0.717) is 6.61 Å². The van der Waals surface area contributed by atoms with Gasteiger partial charge in [0.05, 0.1) is 19.8 Å². The Balaban J connectivity index is 4.05. The fourth-order valence-electron chi connectivity index (χ4n) is 7.37. The number of ether oxygens (including phenoxy) is 2. The standard InChI is InChI=1S/C49H96NO9P/c1-3-5-7-9-11-13-15-17-19-20-21-22-23-24-25-26-27-28-30-32-34-36-38-40-42-56-43-46(44-57-60(54,55)58-45-47(50)49(52)53)59-48(51)41-39-37-35-33-31-29-18-16-14-12-10-8-6-4-2/h20-21,46-47H,3-19,22-45,50H2,1-2H3,(H,52,53)(H,54,55)/b21-20-. The van der Waals surface area contributed by atoms with E-state index in [-0.39, 0.29) is 13.0 Å². The van der Waals surface area contributed by atoms with E-state index in [4.69, 9.17) is 29.4 Å². The van der Waals surface area contributed by atoms with E-state index in [2.05, 4.69) is 26.0 Å². The summed E-state index contributed by atoms with van der Waals surface area (Å²) in [5, 5.41) is 8.92. The number of nitrogens with two attached hydrogens (primary N) is 1. The third-order valence-corrected chi connectivity index (χ3v) is 12.2. The van der Waals surface area contributed by atoms with Crippen LogP contribution in [0.15, 0.2) is 12.2 Å². The van der Waals surface area contributed by atoms with E-state index in [9.17, 15) is 19.0 Å². The fraction of sp³-hybridized carbons (Fsp3) is 0.918. The molecular weight excluding hydrogens is 778 g/mol. The van der Waals surface area contributed by atoms with Gasteiger partial charge in [-0.15, -0.1) is 0 Å². The normalized spacial score (nSPS) is 13.8. The van der Waals surface area contributed by atoms with Crippen LogP contribution >= 0.6 is 7.82 Å². The van der Waals surface area contributed by atoms with Gasteiger partial charge in [-0.2, -0.15) is 0 Å². The Labute approximate surface area is 369 Å². The number of rotatable bonds is 49. The maximum Gasteiger partial charge on any atom is 0.472 e. The lowest BCUT2D eigenvalue weighted by molar-refractivity contribution is -0.154. The van der Waals surface area contributed by atoms with Crippen LogP contribution < -0.4 is 5.73 Å². The molecule has 0 aromatic carbocycles. The van der Waals surface area contributed by atoms with Crippen LogP contribution in [0.2, 0.25) is 0 Å². The first-order chi connectivity index (χ1) is 29.2. The molecule has 0 aromatic rings. The summed E-state index contributed by atoms with van der Waals surface area (Å²) in [4.78, 5) is 33.6. The average molecular weight is 874 g/mol. The number of phosphoric ester groups is 1. The molecule has 0 radical (unpaired) electrons. The van der Waals surface area contributed by atoms with Crippen molar-refractivity contribution in [3.05, 3.63) is 12.2 Å². The summed E-state index contributed by atoms with van der Waals surface area (Å²) < 4.78 is 33.5. The van der Waals surface area contributed by atoms with Crippen LogP contribution in [0, 0.1) is 0 Å². The van der Waals surface area contributed by atoms with Crippen LogP contribution in [0.4, 0.5) is 0 Å². The SMILES string of the molecule is CCCCCCCCCC/C=C\CCCCCCCCCCCCCCOCC(COP(=O)(O)OCC(N)C(=O)O)OC(=O)CCCCCCCCCCCCCCCC. The zero-order valence-electron chi connectivity index (χ0n) is 39.1. The highest BCUT2D eigenvalue weighted by atomic mass is 31.2. The molecule has 0 amide bonds. The van der Waals surface area contributed by atoms with E-state index in [1.54, 1.807) is 0 Å². The van der Waals surface area contributed by atoms with Gasteiger partial charge in [0.1, 0.15) is 12.1 Å². The zero-order valence-corrected chi connectivity index (χ0v) is 40.0. The number of aliphatic carboxylic acids is 1. The Morgan fingerprint density at radius 3 is 1.27 bits per heavy atom. The fourth-order valence-corrected chi connectivity index (χ4v) is 8.14. The van der Waals surface area contributed by atoms with Gasteiger partial charge in [-0.05, 0) is 38.5 Å². The second-order valence-electron chi connectivity index (χ2n) is 17.3. The molecule has 0 aliphatic rings. The molecule has 0 saturated heterocycles. The van der Waals surface area contributed by atoms with Crippen LogP contribution in [0.25, 0.3) is 0 Å². The number of carboxylic acids is 1. The van der Waals surface area contributed by atoms with Crippen molar-refractivity contribution < 1.29 is 42.7 Å². The second-order valence-corrected chi connectivity index (χ2v) is 18.8. The number of hydrogen-bond acceptors (Lipinski definition) is 8. The number of carboxylic acid groups (broad SMARTS) is 1. The molecule has 0 bridgehead atoms. The van der Waals surface area contributed by atoms with Gasteiger partial charge in [-0.3, -0.25) is 18.6 Å². The number of esters is 1. The summed E-state index contributed by atoms with van der Waals surface area (Å²) >= 11 is 0. The van der Waals surface area contributed by atoms with Crippen molar-refractivity contribution >= 4 is 19.8 Å². The molecular formula is C49H96NO9P. The number of carbonyl (C=O) groups excluding carboxylic acids is 1. The molecule has 356 valence electrons. The largest absolute Gasteiger partial charge is 0.480 e. The monoisotopic (exact) mass is 874 g/mol. The predicted molar refractivity (Wildman–Crippen MR) is 249 cm³/mol. The van der Waals surface area contributed by atoms with Crippen molar-refractivity contribution in [2.45, 2.75) is 264 Å². The zero-order chi connectivity index (χ0) is 44.0. The van der Waals surface area contributed by atoms with Gasteiger partial charge in [0.15, 0.2) is 0 Å². The molecule has 0 aliphatic heterocycles. The van der Waals surface area contributed by atoms with E-state index in [1.165, 1.54) is 193 Å². The summed E-state index contributed by atoms with van der Waals surface area (Å²) in [5.74, 6) is -1.77. The quantitative estimate of drug-likeness (QED) is 0.0233. The molecule has 11 heteroatoms. The lowest BCUT2D eigenvalue weighted by atomic mass is 10.0. The molecule has 3 unspecified atom stereocenters. The Morgan fingerprint density at radius 2 is 0.867 bits per heavy atom. The van der Waals surface area contributed by atoms with E-state index in [1.807, 2.05) is 0 Å². The second kappa shape index (κ2) is 45.7. The van der Waals surface area contributed by atoms with Crippen LogP contribution in [0.5, 0.6) is 0 Å². The Kier molecular flexibility index (Phi) is 44.7. The van der Waals surface area contributed by atoms with Gasteiger partial charge in [-0.1, -0.05) is 219 Å². The van der Waals surface area contributed by atoms with E-state index >= 15 is 0 Å². The van der Waals surface area contributed by atoms with Crippen LogP contribution in [0.1, 0.15) is 251 Å². The van der Waals surface area contributed by atoms with Gasteiger partial charge < -0.3 is 25.2 Å². The Morgan fingerprint density at radius 1 is 0.517 bits per heavy atom. The summed E-state index contributed by atoms with van der Waals surface area (Å²) in [7, 11) is -4.61. The van der Waals surface area contributed by atoms with Gasteiger partial charge >= 0.3 is 19.8 Å². The minimum absolute atomic E-state index is 0.0230. The van der Waals surface area contributed by atoms with Gasteiger partial charge in [0.25, 0.3) is 0 Å². The first-order valence-corrected chi connectivity index (χ1v) is 26.7. The molecule has 0 spiro atoms. The van der Waals surface area contributed by atoms with Crippen molar-refractivity contribution in [3.63, 3.8) is 0 Å². The van der Waals surface area contributed by atoms with Gasteiger partial charge in [0.2, 0.25) is 0 Å². The molecule has 0 rings (SSSR count).